The van der Waals surface area contributed by atoms with Crippen LogP contribution >= 0.6 is 0 Å². The summed E-state index contributed by atoms with van der Waals surface area (Å²) >= 11 is 0. The van der Waals surface area contributed by atoms with Gasteiger partial charge in [0.05, 0.1) is 49.6 Å². The summed E-state index contributed by atoms with van der Waals surface area (Å²) in [5.41, 5.74) is 0.235. The first-order valence-corrected chi connectivity index (χ1v) is 16.1. The first-order valence-electron chi connectivity index (χ1n) is 14.9. The quantitative estimate of drug-likeness (QED) is 0.130. The topological polar surface area (TPSA) is 91.7 Å². The summed E-state index contributed by atoms with van der Waals surface area (Å²) in [6.07, 6.45) is 20.4. The van der Waals surface area contributed by atoms with E-state index in [1.807, 2.05) is 0 Å². The Morgan fingerprint density at radius 3 is 1.15 bits per heavy atom. The molecule has 0 spiro atoms. The largest absolute Gasteiger partial charge is 0.478 e. The molecule has 0 saturated heterocycles. The van der Waals surface area contributed by atoms with Gasteiger partial charge in [0.25, 0.3) is 0 Å². The van der Waals surface area contributed by atoms with Crippen molar-refractivity contribution in [2.24, 2.45) is 0 Å². The predicted molar refractivity (Wildman–Crippen MR) is 165 cm³/mol. The average Bonchev–Trinajstić information content (AvgIpc) is 2.92. The van der Waals surface area contributed by atoms with Gasteiger partial charge in [0.1, 0.15) is 0 Å². The molecule has 2 aromatic rings. The Morgan fingerprint density at radius 1 is 0.575 bits per heavy atom. The molecule has 40 heavy (non-hydrogen) atoms. The highest BCUT2D eigenvalue weighted by Gasteiger charge is 2.10. The van der Waals surface area contributed by atoms with Gasteiger partial charge in [-0.3, -0.25) is 0 Å². The van der Waals surface area contributed by atoms with Gasteiger partial charge in [0.15, 0.2) is 0 Å². The van der Waals surface area contributed by atoms with Gasteiger partial charge in [-0.15, -0.1) is 0 Å². The second-order valence-corrected chi connectivity index (χ2v) is 13.0. The molecule has 0 aliphatic carbocycles. The van der Waals surface area contributed by atoms with E-state index < -0.39 is 22.7 Å². The van der Waals surface area contributed by atoms with Gasteiger partial charge >= 0.3 is 11.9 Å². The highest BCUT2D eigenvalue weighted by molar-refractivity contribution is 7.85. The Hall–Kier alpha value is -2.51. The Balaban J connectivity index is 0.000000400. The van der Waals surface area contributed by atoms with Crippen molar-refractivity contribution in [1.82, 2.24) is 0 Å². The van der Waals surface area contributed by atoms with E-state index >= 15 is 0 Å². The maximum atomic E-state index is 12.2. The SMILES string of the molecule is CCCCCCCCCCCCCCCC[N+](C)(C)C.O=C(O)c1ccc(S(=O)c2ccc(C(=O)O)cc2)cc1. The predicted octanol–water partition coefficient (Wildman–Crippen LogP) is 8.42. The zero-order chi connectivity index (χ0) is 29.8. The van der Waals surface area contributed by atoms with E-state index in [1.54, 1.807) is 0 Å². The van der Waals surface area contributed by atoms with Gasteiger partial charge in [-0.25, -0.2) is 13.8 Å². The summed E-state index contributed by atoms with van der Waals surface area (Å²) in [6, 6.07) is 11.4. The monoisotopic (exact) mass is 574 g/mol. The molecule has 0 aliphatic heterocycles. The molecular formula is C33H52NO5S+. The number of rotatable bonds is 19. The molecule has 0 bridgehead atoms. The number of carbonyl (C=O) groups is 2. The number of hydrogen-bond acceptors (Lipinski definition) is 3. The van der Waals surface area contributed by atoms with Crippen molar-refractivity contribution in [2.75, 3.05) is 27.7 Å². The molecule has 0 unspecified atom stereocenters. The van der Waals surface area contributed by atoms with Crippen LogP contribution in [0.15, 0.2) is 58.3 Å². The minimum absolute atomic E-state index is 0.118. The van der Waals surface area contributed by atoms with E-state index in [0.717, 1.165) is 4.48 Å². The summed E-state index contributed by atoms with van der Waals surface area (Å²) < 4.78 is 13.3. The number of carboxylic acid groups (broad SMARTS) is 2. The van der Waals surface area contributed by atoms with Gasteiger partial charge in [-0.1, -0.05) is 84.0 Å². The third-order valence-corrected chi connectivity index (χ3v) is 8.21. The lowest BCUT2D eigenvalue weighted by atomic mass is 10.0. The fraction of sp³-hybridized carbons (Fsp3) is 0.576. The molecule has 0 aliphatic rings. The van der Waals surface area contributed by atoms with E-state index in [9.17, 15) is 13.8 Å². The number of unbranched alkanes of at least 4 members (excludes halogenated alkanes) is 13. The van der Waals surface area contributed by atoms with Gasteiger partial charge in [-0.2, -0.15) is 0 Å². The molecule has 7 heteroatoms. The van der Waals surface area contributed by atoms with Gasteiger partial charge in [-0.05, 0) is 61.4 Å². The van der Waals surface area contributed by atoms with E-state index in [-0.39, 0.29) is 11.1 Å². The Labute approximate surface area is 244 Å². The maximum absolute atomic E-state index is 12.2. The van der Waals surface area contributed by atoms with Crippen LogP contribution in [0.5, 0.6) is 0 Å². The van der Waals surface area contributed by atoms with Crippen molar-refractivity contribution < 1.29 is 28.5 Å². The number of quaternary nitrogens is 1. The third-order valence-electron chi connectivity index (χ3n) is 6.81. The molecule has 2 aromatic carbocycles. The van der Waals surface area contributed by atoms with Gasteiger partial charge in [0.2, 0.25) is 0 Å². The van der Waals surface area contributed by atoms with Crippen LogP contribution in [-0.2, 0) is 10.8 Å². The lowest BCUT2D eigenvalue weighted by Gasteiger charge is -2.23. The van der Waals surface area contributed by atoms with Gasteiger partial charge < -0.3 is 14.7 Å². The van der Waals surface area contributed by atoms with Crippen LogP contribution in [-0.4, -0.2) is 58.5 Å². The van der Waals surface area contributed by atoms with Crippen LogP contribution in [0.25, 0.3) is 0 Å². The molecule has 0 aromatic heterocycles. The van der Waals surface area contributed by atoms with Crippen molar-refractivity contribution in [3.8, 4) is 0 Å². The first kappa shape index (κ1) is 35.5. The highest BCUT2D eigenvalue weighted by Crippen LogP contribution is 2.18. The van der Waals surface area contributed by atoms with E-state index in [2.05, 4.69) is 28.1 Å². The van der Waals surface area contributed by atoms with Gasteiger partial charge in [0, 0.05) is 9.79 Å². The van der Waals surface area contributed by atoms with E-state index in [4.69, 9.17) is 10.2 Å². The summed E-state index contributed by atoms with van der Waals surface area (Å²) in [4.78, 5) is 22.4. The number of nitrogens with zero attached hydrogens (tertiary/aromatic N) is 1. The second kappa shape index (κ2) is 20.4. The summed E-state index contributed by atoms with van der Waals surface area (Å²) in [5, 5.41) is 17.6. The van der Waals surface area contributed by atoms with Crippen molar-refractivity contribution in [3.63, 3.8) is 0 Å². The maximum Gasteiger partial charge on any atom is 0.335 e. The smallest absolute Gasteiger partial charge is 0.335 e. The Morgan fingerprint density at radius 2 is 0.875 bits per heavy atom. The molecule has 0 amide bonds. The number of aromatic carboxylic acids is 2. The van der Waals surface area contributed by atoms with Crippen molar-refractivity contribution in [2.45, 2.75) is 107 Å². The molecule has 0 atom stereocenters. The molecule has 2 N–H and O–H groups in total. The second-order valence-electron chi connectivity index (χ2n) is 11.5. The fourth-order valence-electron chi connectivity index (χ4n) is 4.36. The van der Waals surface area contributed by atoms with E-state index in [1.165, 1.54) is 145 Å². The Kier molecular flexibility index (Phi) is 18.1. The summed E-state index contributed by atoms with van der Waals surface area (Å²) in [6.45, 7) is 3.63. The van der Waals surface area contributed by atoms with Crippen LogP contribution in [0.4, 0.5) is 0 Å². The molecule has 0 fully saturated rings. The Bertz CT molecular complexity index is 937. The highest BCUT2D eigenvalue weighted by atomic mass is 32.2. The van der Waals surface area contributed by atoms with Crippen molar-refractivity contribution in [3.05, 3.63) is 59.7 Å². The minimum Gasteiger partial charge on any atom is -0.478 e. The van der Waals surface area contributed by atoms with Crippen LogP contribution < -0.4 is 0 Å². The fourth-order valence-corrected chi connectivity index (χ4v) is 5.40. The van der Waals surface area contributed by atoms with Crippen LogP contribution in [0, 0.1) is 0 Å². The molecule has 2 rings (SSSR count). The number of carboxylic acids is 2. The lowest BCUT2D eigenvalue weighted by Crippen LogP contribution is -2.35. The minimum atomic E-state index is -1.48. The summed E-state index contributed by atoms with van der Waals surface area (Å²) in [5.74, 6) is -2.10. The molecule has 0 radical (unpaired) electrons. The van der Waals surface area contributed by atoms with Crippen molar-refractivity contribution >= 4 is 22.7 Å². The average molecular weight is 575 g/mol. The van der Waals surface area contributed by atoms with Crippen LogP contribution in [0.3, 0.4) is 0 Å². The number of hydrogen-bond donors (Lipinski definition) is 2. The molecule has 224 valence electrons. The molecule has 0 saturated carbocycles. The lowest BCUT2D eigenvalue weighted by molar-refractivity contribution is -0.870. The van der Waals surface area contributed by atoms with E-state index in [0.29, 0.717) is 9.79 Å². The molecular weight excluding hydrogens is 522 g/mol. The first-order chi connectivity index (χ1) is 19.0. The zero-order valence-electron chi connectivity index (χ0n) is 25.2. The third kappa shape index (κ3) is 16.6. The normalized spacial score (nSPS) is 11.2. The van der Waals surface area contributed by atoms with Crippen molar-refractivity contribution in [1.29, 1.82) is 0 Å². The van der Waals surface area contributed by atoms with Crippen LogP contribution in [0.2, 0.25) is 0 Å². The zero-order valence-corrected chi connectivity index (χ0v) is 26.0. The molecule has 0 heterocycles. The molecule has 6 nitrogen and oxygen atoms in total. The summed E-state index contributed by atoms with van der Waals surface area (Å²) in [7, 11) is 5.41. The number of benzene rings is 2. The standard InChI is InChI=1S/C19H42N.C14H10O5S/c1-5-6-7-8-9-10-11-12-13-14-15-16-17-18-19-20(2,3)4;15-13(16)9-1-5-11(6-2-9)20(19)12-7-3-10(4-8-12)14(17)18/h5-19H2,1-4H3;1-8H,(H,15,16)(H,17,18)/q+1;. The van der Waals surface area contributed by atoms with Crippen LogP contribution in [0.1, 0.15) is 118 Å².